The van der Waals surface area contributed by atoms with Crippen LogP contribution in [0.25, 0.3) is 0 Å². The number of hydrogen-bond donors (Lipinski definition) is 0. The minimum absolute atomic E-state index is 0.00513. The van der Waals surface area contributed by atoms with E-state index in [1.165, 1.54) is 0 Å². The number of carbonyl (C=O) groups excluding carboxylic acids is 2. The summed E-state index contributed by atoms with van der Waals surface area (Å²) in [6.45, 7) is 3.01. The normalized spacial score (nSPS) is 34.2. The standard InChI is InChI=1S/C19H22N2O4/c22-18-14-8-15(14)19(23)21(18)12-4-3-7-20(9-12)10-13-11-24-16-5-1-2-6-17(16)25-13/h1-2,5-6,12-15H,3-4,7-11H2. The summed E-state index contributed by atoms with van der Waals surface area (Å²) in [7, 11) is 0. The fourth-order valence-electron chi connectivity index (χ4n) is 4.42. The van der Waals surface area contributed by atoms with E-state index < -0.39 is 0 Å². The molecule has 132 valence electrons. The second kappa shape index (κ2) is 5.73. The SMILES string of the molecule is O=C1C2CC2C(=O)N1C1CCCN(CC2COc3ccccc3O2)C1. The van der Waals surface area contributed by atoms with Crippen molar-refractivity contribution in [1.29, 1.82) is 0 Å². The van der Waals surface area contributed by atoms with Crippen LogP contribution in [0.5, 0.6) is 11.5 Å². The minimum Gasteiger partial charge on any atom is -0.486 e. The lowest BCUT2D eigenvalue weighted by molar-refractivity contribution is -0.145. The molecule has 0 N–H and O–H groups in total. The highest BCUT2D eigenvalue weighted by Gasteiger charge is 2.60. The molecule has 0 spiro atoms. The maximum Gasteiger partial charge on any atom is 0.233 e. The summed E-state index contributed by atoms with van der Waals surface area (Å²) < 4.78 is 11.8. The number of benzene rings is 1. The molecule has 1 aliphatic carbocycles. The van der Waals surface area contributed by atoms with Gasteiger partial charge in [-0.3, -0.25) is 19.4 Å². The van der Waals surface area contributed by atoms with Crippen LogP contribution in [0.3, 0.4) is 0 Å². The average molecular weight is 342 g/mol. The van der Waals surface area contributed by atoms with Gasteiger partial charge in [-0.15, -0.1) is 0 Å². The van der Waals surface area contributed by atoms with E-state index in [2.05, 4.69) is 4.90 Å². The highest BCUT2D eigenvalue weighted by molar-refractivity contribution is 6.09. The zero-order valence-electron chi connectivity index (χ0n) is 14.1. The smallest absolute Gasteiger partial charge is 0.233 e. The Hall–Kier alpha value is -2.08. The first-order valence-corrected chi connectivity index (χ1v) is 9.18. The van der Waals surface area contributed by atoms with E-state index >= 15 is 0 Å². The molecule has 0 radical (unpaired) electrons. The molecule has 6 heteroatoms. The quantitative estimate of drug-likeness (QED) is 0.775. The van der Waals surface area contributed by atoms with E-state index in [9.17, 15) is 9.59 Å². The molecular weight excluding hydrogens is 320 g/mol. The molecule has 3 heterocycles. The average Bonchev–Trinajstić information content (AvgIpc) is 3.38. The number of fused-ring (bicyclic) bond motifs is 2. The van der Waals surface area contributed by atoms with E-state index in [0.717, 1.165) is 50.4 Å². The number of piperidine rings is 2. The van der Waals surface area contributed by atoms with Gasteiger partial charge in [-0.2, -0.15) is 0 Å². The third-order valence-corrected chi connectivity index (χ3v) is 5.77. The van der Waals surface area contributed by atoms with Crippen molar-refractivity contribution >= 4 is 11.8 Å². The van der Waals surface area contributed by atoms with Crippen molar-refractivity contribution in [3.8, 4) is 11.5 Å². The lowest BCUT2D eigenvalue weighted by Gasteiger charge is -2.39. The Kier molecular flexibility index (Phi) is 3.48. The van der Waals surface area contributed by atoms with Gasteiger partial charge in [-0.25, -0.2) is 0 Å². The molecule has 1 aromatic carbocycles. The van der Waals surface area contributed by atoms with E-state index in [1.807, 2.05) is 24.3 Å². The molecule has 5 rings (SSSR count). The zero-order chi connectivity index (χ0) is 17.0. The van der Waals surface area contributed by atoms with Crippen LogP contribution >= 0.6 is 0 Å². The summed E-state index contributed by atoms with van der Waals surface area (Å²) in [4.78, 5) is 28.5. The molecule has 2 amide bonds. The molecule has 1 aromatic rings. The Labute approximate surface area is 146 Å². The van der Waals surface area contributed by atoms with Gasteiger partial charge < -0.3 is 9.47 Å². The monoisotopic (exact) mass is 342 g/mol. The Morgan fingerprint density at radius 1 is 1.08 bits per heavy atom. The molecule has 3 aliphatic heterocycles. The van der Waals surface area contributed by atoms with Gasteiger partial charge in [-0.1, -0.05) is 12.1 Å². The van der Waals surface area contributed by atoms with E-state index in [1.54, 1.807) is 4.90 Å². The fraction of sp³-hybridized carbons (Fsp3) is 0.579. The molecule has 0 bridgehead atoms. The van der Waals surface area contributed by atoms with Crippen molar-refractivity contribution in [2.75, 3.05) is 26.2 Å². The molecule has 6 nitrogen and oxygen atoms in total. The number of rotatable bonds is 3. The number of amides is 2. The van der Waals surface area contributed by atoms with Crippen molar-refractivity contribution in [3.63, 3.8) is 0 Å². The molecule has 0 aromatic heterocycles. The second-order valence-electron chi connectivity index (χ2n) is 7.55. The van der Waals surface area contributed by atoms with Crippen molar-refractivity contribution in [2.24, 2.45) is 11.8 Å². The van der Waals surface area contributed by atoms with Gasteiger partial charge >= 0.3 is 0 Å². The fourth-order valence-corrected chi connectivity index (χ4v) is 4.42. The molecule has 4 unspecified atom stereocenters. The van der Waals surface area contributed by atoms with Crippen LogP contribution in [0, 0.1) is 11.8 Å². The zero-order valence-corrected chi connectivity index (χ0v) is 14.1. The molecule has 3 fully saturated rings. The molecule has 4 aliphatic rings. The minimum atomic E-state index is -0.0213. The Bertz CT molecular complexity index is 701. The number of carbonyl (C=O) groups is 2. The van der Waals surface area contributed by atoms with Gasteiger partial charge in [0.1, 0.15) is 12.7 Å². The van der Waals surface area contributed by atoms with Gasteiger partial charge in [0.15, 0.2) is 11.5 Å². The lowest BCUT2D eigenvalue weighted by atomic mass is 10.0. The van der Waals surface area contributed by atoms with Crippen molar-refractivity contribution in [2.45, 2.75) is 31.4 Å². The summed E-state index contributed by atoms with van der Waals surface area (Å²) in [5, 5.41) is 0. The van der Waals surface area contributed by atoms with E-state index in [4.69, 9.17) is 9.47 Å². The first kappa shape index (κ1) is 15.2. The van der Waals surface area contributed by atoms with Crippen molar-refractivity contribution in [1.82, 2.24) is 9.80 Å². The third kappa shape index (κ3) is 2.59. The van der Waals surface area contributed by atoms with Crippen LogP contribution in [0.2, 0.25) is 0 Å². The predicted octanol–water partition coefficient (Wildman–Crippen LogP) is 1.30. The maximum atomic E-state index is 12.3. The van der Waals surface area contributed by atoms with Gasteiger partial charge in [0.2, 0.25) is 11.8 Å². The Morgan fingerprint density at radius 3 is 2.64 bits per heavy atom. The number of hydrogen-bond acceptors (Lipinski definition) is 5. The number of nitrogens with zero attached hydrogens (tertiary/aromatic N) is 2. The van der Waals surface area contributed by atoms with Crippen LogP contribution in [0.4, 0.5) is 0 Å². The van der Waals surface area contributed by atoms with Crippen LogP contribution in [-0.4, -0.2) is 60.0 Å². The first-order valence-electron chi connectivity index (χ1n) is 9.18. The van der Waals surface area contributed by atoms with Crippen LogP contribution in [0.15, 0.2) is 24.3 Å². The molecular formula is C19H22N2O4. The Balaban J connectivity index is 1.22. The summed E-state index contributed by atoms with van der Waals surface area (Å²) in [6, 6.07) is 7.75. The van der Waals surface area contributed by atoms with E-state index in [0.29, 0.717) is 6.61 Å². The lowest BCUT2D eigenvalue weighted by Crippen LogP contribution is -2.53. The second-order valence-corrected chi connectivity index (χ2v) is 7.55. The van der Waals surface area contributed by atoms with Gasteiger partial charge in [-0.05, 0) is 37.9 Å². The molecule has 25 heavy (non-hydrogen) atoms. The molecule has 1 saturated carbocycles. The van der Waals surface area contributed by atoms with Crippen molar-refractivity contribution < 1.29 is 19.1 Å². The highest BCUT2D eigenvalue weighted by atomic mass is 16.6. The topological polar surface area (TPSA) is 59.1 Å². The number of ether oxygens (including phenoxy) is 2. The summed E-state index contributed by atoms with van der Waals surface area (Å²) in [5.41, 5.74) is 0. The van der Waals surface area contributed by atoms with Crippen LogP contribution in [0.1, 0.15) is 19.3 Å². The molecule has 2 saturated heterocycles. The largest absolute Gasteiger partial charge is 0.486 e. The predicted molar refractivity (Wildman–Crippen MR) is 89.3 cm³/mol. The highest BCUT2D eigenvalue weighted by Crippen LogP contribution is 2.48. The number of likely N-dealkylation sites (tertiary alicyclic amines) is 2. The Morgan fingerprint density at radius 2 is 1.84 bits per heavy atom. The first-order chi connectivity index (χ1) is 12.2. The summed E-state index contributed by atoms with van der Waals surface area (Å²) in [6.07, 6.45) is 2.67. The third-order valence-electron chi connectivity index (χ3n) is 5.77. The van der Waals surface area contributed by atoms with Gasteiger partial charge in [0.25, 0.3) is 0 Å². The maximum absolute atomic E-state index is 12.3. The summed E-state index contributed by atoms with van der Waals surface area (Å²) in [5.74, 6) is 1.70. The van der Waals surface area contributed by atoms with E-state index in [-0.39, 0.29) is 35.8 Å². The summed E-state index contributed by atoms with van der Waals surface area (Å²) >= 11 is 0. The number of imide groups is 1. The number of para-hydroxylation sites is 2. The van der Waals surface area contributed by atoms with Gasteiger partial charge in [0.05, 0.1) is 17.9 Å². The van der Waals surface area contributed by atoms with Crippen molar-refractivity contribution in [3.05, 3.63) is 24.3 Å². The van der Waals surface area contributed by atoms with Crippen LogP contribution < -0.4 is 9.47 Å². The van der Waals surface area contributed by atoms with Gasteiger partial charge in [0, 0.05) is 13.1 Å². The molecule has 4 atom stereocenters. The van der Waals surface area contributed by atoms with Crippen LogP contribution in [-0.2, 0) is 9.59 Å².